The van der Waals surface area contributed by atoms with Gasteiger partial charge in [-0.05, 0) is 44.9 Å². The third-order valence-electron chi connectivity index (χ3n) is 12.6. The summed E-state index contributed by atoms with van der Waals surface area (Å²) >= 11 is 0. The van der Waals surface area contributed by atoms with Crippen molar-refractivity contribution < 1.29 is 4.79 Å². The van der Waals surface area contributed by atoms with Gasteiger partial charge in [0.15, 0.2) is 0 Å². The minimum Gasteiger partial charge on any atom is -0.343 e. The van der Waals surface area contributed by atoms with E-state index in [4.69, 9.17) is 0 Å². The first kappa shape index (κ1) is 55.2. The van der Waals surface area contributed by atoms with E-state index in [9.17, 15) is 4.79 Å². The Kier molecular flexibility index (Phi) is 49.6. The van der Waals surface area contributed by atoms with Crippen LogP contribution in [0.4, 0.5) is 0 Å². The number of nitrogens with zero attached hydrogens (tertiary/aromatic N) is 1. The molecular formula is C54H107NO. The van der Waals surface area contributed by atoms with Crippen LogP contribution in [0.5, 0.6) is 0 Å². The largest absolute Gasteiger partial charge is 0.343 e. The molecule has 0 aromatic carbocycles. The van der Waals surface area contributed by atoms with Gasteiger partial charge in [-0.25, -0.2) is 0 Å². The molecule has 0 aliphatic carbocycles. The summed E-state index contributed by atoms with van der Waals surface area (Å²) in [7, 11) is 0. The molecule has 0 N–H and O–H groups in total. The first-order valence-electron chi connectivity index (χ1n) is 26.7. The van der Waals surface area contributed by atoms with Crippen LogP contribution in [0.15, 0.2) is 12.2 Å². The van der Waals surface area contributed by atoms with Gasteiger partial charge in [0.05, 0.1) is 0 Å². The zero-order valence-corrected chi connectivity index (χ0v) is 39.5. The van der Waals surface area contributed by atoms with E-state index in [1.165, 1.54) is 283 Å². The van der Waals surface area contributed by atoms with Crippen LogP contribution in [0.25, 0.3) is 0 Å². The Morgan fingerprint density at radius 1 is 0.286 bits per heavy atom. The second-order valence-electron chi connectivity index (χ2n) is 18.3. The van der Waals surface area contributed by atoms with E-state index in [0.717, 1.165) is 25.9 Å². The summed E-state index contributed by atoms with van der Waals surface area (Å²) in [6, 6.07) is 0. The Hall–Kier alpha value is -0.790. The van der Waals surface area contributed by atoms with Crippen LogP contribution in [-0.2, 0) is 4.79 Å². The fourth-order valence-corrected chi connectivity index (χ4v) is 8.57. The molecule has 56 heavy (non-hydrogen) atoms. The summed E-state index contributed by atoms with van der Waals surface area (Å²) in [4.78, 5) is 15.7. The number of carbonyl (C=O) groups excluding carboxylic acids is 1. The van der Waals surface area contributed by atoms with Crippen LogP contribution in [0, 0.1) is 0 Å². The van der Waals surface area contributed by atoms with Gasteiger partial charge in [-0.1, -0.05) is 277 Å². The second-order valence-corrected chi connectivity index (χ2v) is 18.3. The van der Waals surface area contributed by atoms with Gasteiger partial charge in [0.25, 0.3) is 0 Å². The monoisotopic (exact) mass is 786 g/mol. The summed E-state index contributed by atoms with van der Waals surface area (Å²) in [5.41, 5.74) is 0. The first-order chi connectivity index (χ1) is 27.8. The highest BCUT2D eigenvalue weighted by Crippen LogP contribution is 2.17. The first-order valence-corrected chi connectivity index (χ1v) is 26.7. The number of carbonyl (C=O) groups is 1. The van der Waals surface area contributed by atoms with Crippen molar-refractivity contribution in [1.29, 1.82) is 0 Å². The Balaban J connectivity index is 4.11. The van der Waals surface area contributed by atoms with E-state index in [1.807, 2.05) is 0 Å². The molecule has 0 spiro atoms. The summed E-state index contributed by atoms with van der Waals surface area (Å²) in [6.07, 6.45) is 67.7. The molecule has 0 bridgehead atoms. The zero-order valence-electron chi connectivity index (χ0n) is 39.5. The number of rotatable bonds is 49. The van der Waals surface area contributed by atoms with Gasteiger partial charge in [-0.2, -0.15) is 0 Å². The minimum atomic E-state index is 0.449. The average molecular weight is 786 g/mol. The lowest BCUT2D eigenvalue weighted by molar-refractivity contribution is -0.131. The molecule has 0 unspecified atom stereocenters. The van der Waals surface area contributed by atoms with Crippen molar-refractivity contribution in [2.24, 2.45) is 0 Å². The molecule has 0 fully saturated rings. The lowest BCUT2D eigenvalue weighted by Crippen LogP contribution is -2.32. The highest BCUT2D eigenvalue weighted by molar-refractivity contribution is 5.76. The van der Waals surface area contributed by atoms with Crippen molar-refractivity contribution in [2.75, 3.05) is 13.1 Å². The molecule has 0 radical (unpaired) electrons. The van der Waals surface area contributed by atoms with E-state index in [-0.39, 0.29) is 0 Å². The molecular weight excluding hydrogens is 679 g/mol. The normalized spacial score (nSPS) is 11.7. The van der Waals surface area contributed by atoms with Crippen LogP contribution in [0.3, 0.4) is 0 Å². The van der Waals surface area contributed by atoms with Crippen molar-refractivity contribution in [3.8, 4) is 0 Å². The molecule has 0 aromatic heterocycles. The highest BCUT2D eigenvalue weighted by Gasteiger charge is 2.12. The quantitative estimate of drug-likeness (QED) is 0.0444. The van der Waals surface area contributed by atoms with Crippen molar-refractivity contribution in [2.45, 2.75) is 316 Å². The number of amides is 1. The van der Waals surface area contributed by atoms with E-state index >= 15 is 0 Å². The summed E-state index contributed by atoms with van der Waals surface area (Å²) in [5.74, 6) is 0.449. The van der Waals surface area contributed by atoms with Crippen LogP contribution in [0.2, 0.25) is 0 Å². The molecule has 1 amide bonds. The maximum absolute atomic E-state index is 13.4. The summed E-state index contributed by atoms with van der Waals surface area (Å²) < 4.78 is 0. The Morgan fingerprint density at radius 2 is 0.500 bits per heavy atom. The minimum absolute atomic E-state index is 0.449. The molecule has 334 valence electrons. The van der Waals surface area contributed by atoms with Crippen LogP contribution >= 0.6 is 0 Å². The van der Waals surface area contributed by atoms with E-state index in [0.29, 0.717) is 5.91 Å². The summed E-state index contributed by atoms with van der Waals surface area (Å²) in [6.45, 7) is 8.91. The van der Waals surface area contributed by atoms with Crippen LogP contribution in [-0.4, -0.2) is 23.9 Å². The molecule has 0 aliphatic heterocycles. The Morgan fingerprint density at radius 3 is 0.768 bits per heavy atom. The van der Waals surface area contributed by atoms with Gasteiger partial charge in [-0.3, -0.25) is 4.79 Å². The van der Waals surface area contributed by atoms with Gasteiger partial charge in [0.1, 0.15) is 0 Å². The highest BCUT2D eigenvalue weighted by atomic mass is 16.2. The molecule has 0 heterocycles. The SMILES string of the molecule is CCCCCCCC/C=C\CCCCCCCC(=O)N(CCCCCCCCCCCCCCCCCC)CCCCCCCCCCCCCCCCCC. The molecule has 0 aromatic rings. The van der Waals surface area contributed by atoms with Crippen LogP contribution < -0.4 is 0 Å². The maximum Gasteiger partial charge on any atom is 0.222 e. The van der Waals surface area contributed by atoms with E-state index in [2.05, 4.69) is 37.8 Å². The molecule has 2 nitrogen and oxygen atoms in total. The van der Waals surface area contributed by atoms with Crippen molar-refractivity contribution in [3.05, 3.63) is 12.2 Å². The number of hydrogen-bond donors (Lipinski definition) is 0. The lowest BCUT2D eigenvalue weighted by atomic mass is 10.0. The van der Waals surface area contributed by atoms with Gasteiger partial charge in [-0.15, -0.1) is 0 Å². The van der Waals surface area contributed by atoms with E-state index < -0.39 is 0 Å². The third-order valence-corrected chi connectivity index (χ3v) is 12.6. The van der Waals surface area contributed by atoms with Gasteiger partial charge in [0.2, 0.25) is 5.91 Å². The number of hydrogen-bond acceptors (Lipinski definition) is 1. The number of allylic oxidation sites excluding steroid dienone is 2. The smallest absolute Gasteiger partial charge is 0.222 e. The molecule has 0 rings (SSSR count). The predicted molar refractivity (Wildman–Crippen MR) is 255 cm³/mol. The zero-order chi connectivity index (χ0) is 40.5. The standard InChI is InChI=1S/C54H107NO/c1-4-7-10-13-16-19-22-25-28-31-34-37-40-43-46-49-52-55(53-50-47-44-41-38-35-32-29-26-23-20-17-14-11-8-5-2)54(56)51-48-45-42-39-36-33-30-27-24-21-18-15-12-9-6-3/h27,30H,4-26,28-29,31-53H2,1-3H3/b30-27-. The van der Waals surface area contributed by atoms with Crippen molar-refractivity contribution >= 4 is 5.91 Å². The van der Waals surface area contributed by atoms with Gasteiger partial charge >= 0.3 is 0 Å². The third kappa shape index (κ3) is 45.9. The Bertz CT molecular complexity index is 709. The predicted octanol–water partition coefficient (Wildman–Crippen LogP) is 19.4. The Labute approximate surface area is 355 Å². The van der Waals surface area contributed by atoms with E-state index in [1.54, 1.807) is 0 Å². The fraction of sp³-hybridized carbons (Fsp3) is 0.944. The second kappa shape index (κ2) is 50.4. The van der Waals surface area contributed by atoms with Crippen LogP contribution in [0.1, 0.15) is 316 Å². The average Bonchev–Trinajstić information content (AvgIpc) is 3.21. The molecule has 2 heteroatoms. The molecule has 0 atom stereocenters. The molecule has 0 saturated carbocycles. The maximum atomic E-state index is 13.4. The van der Waals surface area contributed by atoms with Gasteiger partial charge in [0, 0.05) is 19.5 Å². The van der Waals surface area contributed by atoms with Crippen molar-refractivity contribution in [1.82, 2.24) is 4.90 Å². The topological polar surface area (TPSA) is 20.3 Å². The summed E-state index contributed by atoms with van der Waals surface area (Å²) in [5, 5.41) is 0. The number of unbranched alkanes of at least 4 members (excludes halogenated alkanes) is 41. The molecule has 0 saturated heterocycles. The van der Waals surface area contributed by atoms with Gasteiger partial charge < -0.3 is 4.90 Å². The molecule has 0 aliphatic rings. The lowest BCUT2D eigenvalue weighted by Gasteiger charge is -2.23. The fourth-order valence-electron chi connectivity index (χ4n) is 8.57. The van der Waals surface area contributed by atoms with Crippen molar-refractivity contribution in [3.63, 3.8) is 0 Å².